The van der Waals surface area contributed by atoms with Crippen LogP contribution in [0.3, 0.4) is 0 Å². The number of fused-ring (bicyclic) bond motifs is 1. The maximum atomic E-state index is 12.8. The van der Waals surface area contributed by atoms with E-state index in [1.54, 1.807) is 29.1 Å². The minimum Gasteiger partial charge on any atom is -0.487 e. The first-order chi connectivity index (χ1) is 16.1. The van der Waals surface area contributed by atoms with E-state index in [2.05, 4.69) is 34.6 Å². The lowest BCUT2D eigenvalue weighted by molar-refractivity contribution is 0.190. The highest BCUT2D eigenvalue weighted by Crippen LogP contribution is 2.27. The number of halogens is 1. The fourth-order valence-electron chi connectivity index (χ4n) is 4.23. The molecule has 1 atom stereocenters. The van der Waals surface area contributed by atoms with Crippen LogP contribution in [-0.2, 0) is 24.3 Å². The molecule has 1 N–H and O–H groups in total. The highest BCUT2D eigenvalue weighted by atomic mass is 35.5. The molecule has 2 aliphatic rings. The van der Waals surface area contributed by atoms with Crippen LogP contribution in [0.4, 0.5) is 0 Å². The first-order valence-corrected chi connectivity index (χ1v) is 11.6. The largest absolute Gasteiger partial charge is 0.487 e. The van der Waals surface area contributed by atoms with Gasteiger partial charge in [0, 0.05) is 43.4 Å². The number of aromatic nitrogens is 2. The molecule has 1 fully saturated rings. The Labute approximate surface area is 197 Å². The molecule has 1 saturated heterocycles. The molecule has 6 nitrogen and oxygen atoms in total. The Morgan fingerprint density at radius 2 is 2.12 bits per heavy atom. The Hall–Kier alpha value is -2.93. The third kappa shape index (κ3) is 5.36. The topological polar surface area (TPSA) is 65.4 Å². The van der Waals surface area contributed by atoms with E-state index >= 15 is 0 Å². The van der Waals surface area contributed by atoms with E-state index < -0.39 is 0 Å². The molecule has 0 amide bonds. The zero-order chi connectivity index (χ0) is 22.6. The van der Waals surface area contributed by atoms with Crippen LogP contribution in [0.25, 0.3) is 11.8 Å². The van der Waals surface area contributed by atoms with Crippen LogP contribution in [-0.4, -0.2) is 28.8 Å². The Morgan fingerprint density at radius 1 is 1.18 bits per heavy atom. The molecule has 2 aromatic heterocycles. The van der Waals surface area contributed by atoms with Gasteiger partial charge in [-0.05, 0) is 60.2 Å². The lowest BCUT2D eigenvalue weighted by Crippen LogP contribution is -2.28. The average molecular weight is 464 g/mol. The van der Waals surface area contributed by atoms with Gasteiger partial charge < -0.3 is 14.8 Å². The summed E-state index contributed by atoms with van der Waals surface area (Å²) in [5, 5.41) is 4.15. The molecule has 5 rings (SSSR count). The summed E-state index contributed by atoms with van der Waals surface area (Å²) in [6.45, 7) is 2.78. The lowest BCUT2D eigenvalue weighted by atomic mass is 9.93. The fraction of sp³-hybridized carbons (Fsp3) is 0.308. The van der Waals surface area contributed by atoms with Crippen LogP contribution in [0.15, 0.2) is 59.7 Å². The average Bonchev–Trinajstić information content (AvgIpc) is 3.36. The summed E-state index contributed by atoms with van der Waals surface area (Å²) in [6.07, 6.45) is 8.28. The van der Waals surface area contributed by atoms with E-state index in [4.69, 9.17) is 21.1 Å². The van der Waals surface area contributed by atoms with Crippen molar-refractivity contribution in [3.05, 3.63) is 92.6 Å². The number of allylic oxidation sites excluding steroid dienone is 1. The Balaban J connectivity index is 1.25. The second-order valence-electron chi connectivity index (χ2n) is 8.44. The third-order valence-corrected chi connectivity index (χ3v) is 6.30. The molecule has 1 aromatic carbocycles. The fourth-order valence-corrected chi connectivity index (χ4v) is 4.34. The molecular formula is C26H26ClN3O3. The number of rotatable bonds is 7. The SMILES string of the molecule is O=c1cc(OCc2ccc(Cl)cn2)ccn1C1=Cc2ccc(CN[C@H]3CCOC3)cc2CC1. The normalized spacial score (nSPS) is 17.5. The smallest absolute Gasteiger partial charge is 0.258 e. The van der Waals surface area contributed by atoms with Crippen molar-refractivity contribution in [2.75, 3.05) is 13.2 Å². The van der Waals surface area contributed by atoms with Gasteiger partial charge >= 0.3 is 0 Å². The maximum absolute atomic E-state index is 12.8. The van der Waals surface area contributed by atoms with Crippen molar-refractivity contribution in [3.8, 4) is 5.75 Å². The maximum Gasteiger partial charge on any atom is 0.258 e. The van der Waals surface area contributed by atoms with Crippen molar-refractivity contribution in [1.29, 1.82) is 0 Å². The summed E-state index contributed by atoms with van der Waals surface area (Å²) < 4.78 is 12.9. The molecule has 0 spiro atoms. The van der Waals surface area contributed by atoms with Gasteiger partial charge in [-0.3, -0.25) is 14.3 Å². The molecule has 7 heteroatoms. The second kappa shape index (κ2) is 9.91. The van der Waals surface area contributed by atoms with Crippen molar-refractivity contribution in [2.45, 2.75) is 38.5 Å². The Bertz CT molecular complexity index is 1210. The highest BCUT2D eigenvalue weighted by Gasteiger charge is 2.16. The van der Waals surface area contributed by atoms with Crippen molar-refractivity contribution >= 4 is 23.4 Å². The van der Waals surface area contributed by atoms with Crippen LogP contribution >= 0.6 is 11.6 Å². The van der Waals surface area contributed by atoms with Gasteiger partial charge in [-0.1, -0.05) is 29.8 Å². The number of hydrogen-bond acceptors (Lipinski definition) is 5. The number of pyridine rings is 2. The number of nitrogens with one attached hydrogen (secondary N) is 1. The van der Waals surface area contributed by atoms with Gasteiger partial charge in [-0.15, -0.1) is 0 Å². The van der Waals surface area contributed by atoms with Crippen molar-refractivity contribution in [1.82, 2.24) is 14.9 Å². The summed E-state index contributed by atoms with van der Waals surface area (Å²) in [5.41, 5.74) is 5.42. The van der Waals surface area contributed by atoms with E-state index in [0.29, 0.717) is 16.8 Å². The molecule has 170 valence electrons. The zero-order valence-corrected chi connectivity index (χ0v) is 19.1. The van der Waals surface area contributed by atoms with Crippen LogP contribution < -0.4 is 15.6 Å². The predicted octanol–water partition coefficient (Wildman–Crippen LogP) is 4.30. The van der Waals surface area contributed by atoms with Crippen LogP contribution in [0.5, 0.6) is 5.75 Å². The molecule has 1 aliphatic heterocycles. The van der Waals surface area contributed by atoms with Gasteiger partial charge in [0.15, 0.2) is 0 Å². The van der Waals surface area contributed by atoms with Gasteiger partial charge in [0.25, 0.3) is 5.56 Å². The van der Waals surface area contributed by atoms with Crippen LogP contribution in [0.1, 0.15) is 35.2 Å². The molecule has 0 bridgehead atoms. The summed E-state index contributed by atoms with van der Waals surface area (Å²) >= 11 is 5.86. The van der Waals surface area contributed by atoms with Gasteiger partial charge in [-0.2, -0.15) is 0 Å². The van der Waals surface area contributed by atoms with E-state index in [1.165, 1.54) is 22.8 Å². The molecule has 3 aromatic rings. The van der Waals surface area contributed by atoms with Gasteiger partial charge in [-0.25, -0.2) is 0 Å². The van der Waals surface area contributed by atoms with Gasteiger partial charge in [0.2, 0.25) is 0 Å². The minimum atomic E-state index is -0.106. The molecule has 3 heterocycles. The number of hydrogen-bond donors (Lipinski definition) is 1. The standard InChI is InChI=1S/C26H26ClN3O3/c27-21-4-5-22(29-15-21)17-33-25-7-9-30(26(31)13-25)24-6-3-19-11-18(1-2-20(19)12-24)14-28-23-8-10-32-16-23/h1-2,4-5,7,9,11-13,15,23,28H,3,6,8,10,14,16-17H2/t23-/m0/s1. The quantitative estimate of drug-likeness (QED) is 0.566. The number of aryl methyl sites for hydroxylation is 1. The first kappa shape index (κ1) is 21.9. The van der Waals surface area contributed by atoms with Crippen LogP contribution in [0, 0.1) is 0 Å². The monoisotopic (exact) mass is 463 g/mol. The van der Waals surface area contributed by atoms with Crippen molar-refractivity contribution in [2.24, 2.45) is 0 Å². The minimum absolute atomic E-state index is 0.106. The second-order valence-corrected chi connectivity index (χ2v) is 8.87. The van der Waals surface area contributed by atoms with E-state index in [1.807, 2.05) is 6.07 Å². The predicted molar refractivity (Wildman–Crippen MR) is 129 cm³/mol. The third-order valence-electron chi connectivity index (χ3n) is 6.08. The molecular weight excluding hydrogens is 438 g/mol. The first-order valence-electron chi connectivity index (χ1n) is 11.2. The number of benzene rings is 1. The van der Waals surface area contributed by atoms with Gasteiger partial charge in [0.05, 0.1) is 17.3 Å². The molecule has 0 radical (unpaired) electrons. The molecule has 0 unspecified atom stereocenters. The van der Waals surface area contributed by atoms with Crippen molar-refractivity contribution < 1.29 is 9.47 Å². The lowest BCUT2D eigenvalue weighted by Gasteiger charge is -2.20. The van der Waals surface area contributed by atoms with Crippen molar-refractivity contribution in [3.63, 3.8) is 0 Å². The van der Waals surface area contributed by atoms with Gasteiger partial charge in [0.1, 0.15) is 12.4 Å². The molecule has 1 aliphatic carbocycles. The summed E-state index contributed by atoms with van der Waals surface area (Å²) in [5.74, 6) is 0.523. The number of nitrogens with zero attached hydrogens (tertiary/aromatic N) is 2. The molecule has 0 saturated carbocycles. The van der Waals surface area contributed by atoms with E-state index in [0.717, 1.165) is 50.4 Å². The Kier molecular flexibility index (Phi) is 6.58. The number of ether oxygens (including phenoxy) is 2. The molecule has 33 heavy (non-hydrogen) atoms. The summed E-state index contributed by atoms with van der Waals surface area (Å²) in [6, 6.07) is 13.9. The zero-order valence-electron chi connectivity index (χ0n) is 18.3. The van der Waals surface area contributed by atoms with Crippen LogP contribution in [0.2, 0.25) is 5.02 Å². The summed E-state index contributed by atoms with van der Waals surface area (Å²) in [7, 11) is 0. The van der Waals surface area contributed by atoms with E-state index in [9.17, 15) is 4.79 Å². The Morgan fingerprint density at radius 3 is 2.91 bits per heavy atom. The van der Waals surface area contributed by atoms with E-state index in [-0.39, 0.29) is 12.2 Å². The summed E-state index contributed by atoms with van der Waals surface area (Å²) in [4.78, 5) is 17.0. The highest BCUT2D eigenvalue weighted by molar-refractivity contribution is 6.30.